The third kappa shape index (κ3) is 1.30. The summed E-state index contributed by atoms with van der Waals surface area (Å²) in [6.45, 7) is 6.63. The lowest BCUT2D eigenvalue weighted by molar-refractivity contribution is 0.719. The maximum atomic E-state index is 4.40. The van der Waals surface area contributed by atoms with E-state index in [1.807, 2.05) is 11.8 Å². The van der Waals surface area contributed by atoms with Gasteiger partial charge in [0.15, 0.2) is 0 Å². The Kier molecular flexibility index (Phi) is 2.17. The molecule has 9 heavy (non-hydrogen) atoms. The fourth-order valence-corrected chi connectivity index (χ4v) is 2.67. The first kappa shape index (κ1) is 7.55. The van der Waals surface area contributed by atoms with Gasteiger partial charge >= 0.3 is 0 Å². The highest BCUT2D eigenvalue weighted by atomic mass is 32.2. The van der Waals surface area contributed by atoms with Crippen LogP contribution in [0.1, 0.15) is 20.8 Å². The summed E-state index contributed by atoms with van der Waals surface area (Å²) in [5.41, 5.74) is 0. The first-order valence-corrected chi connectivity index (χ1v) is 4.52. The van der Waals surface area contributed by atoms with Crippen LogP contribution in [0.5, 0.6) is 0 Å². The van der Waals surface area contributed by atoms with Crippen LogP contribution < -0.4 is 0 Å². The average molecular weight is 160 g/mol. The molecule has 0 aromatic heterocycles. The van der Waals surface area contributed by atoms with Crippen LogP contribution in [-0.4, -0.2) is 5.25 Å². The van der Waals surface area contributed by atoms with Crippen LogP contribution in [0.25, 0.3) is 0 Å². The highest BCUT2D eigenvalue weighted by molar-refractivity contribution is 8.04. The van der Waals surface area contributed by atoms with Crippen LogP contribution in [0.2, 0.25) is 0 Å². The summed E-state index contributed by atoms with van der Waals surface area (Å²) in [6, 6.07) is 0. The summed E-state index contributed by atoms with van der Waals surface area (Å²) in [7, 11) is 0. The largest absolute Gasteiger partial charge is 0.147 e. The maximum absolute atomic E-state index is 4.40. The van der Waals surface area contributed by atoms with Gasteiger partial charge in [0.25, 0.3) is 0 Å². The minimum Gasteiger partial charge on any atom is -0.147 e. The molecule has 0 amide bonds. The zero-order valence-electron chi connectivity index (χ0n) is 6.01. The van der Waals surface area contributed by atoms with E-state index in [-0.39, 0.29) is 0 Å². The van der Waals surface area contributed by atoms with Crippen LogP contribution in [0.3, 0.4) is 0 Å². The van der Waals surface area contributed by atoms with Crippen molar-refractivity contribution < 1.29 is 0 Å². The lowest BCUT2D eigenvalue weighted by atomic mass is 10.1. The van der Waals surface area contributed by atoms with Crippen molar-refractivity contribution in [3.05, 3.63) is 9.81 Å². The summed E-state index contributed by atoms with van der Waals surface area (Å²) >= 11 is 6.34. The van der Waals surface area contributed by atoms with Gasteiger partial charge in [-0.3, -0.25) is 0 Å². The van der Waals surface area contributed by atoms with Crippen molar-refractivity contribution in [3.8, 4) is 0 Å². The summed E-state index contributed by atoms with van der Waals surface area (Å²) in [5.74, 6) is 0.665. The average Bonchev–Trinajstić information content (AvgIpc) is 1.98. The van der Waals surface area contributed by atoms with E-state index >= 15 is 0 Å². The van der Waals surface area contributed by atoms with Gasteiger partial charge in [0.2, 0.25) is 0 Å². The Hall–Kier alpha value is 0.440. The van der Waals surface area contributed by atoms with Gasteiger partial charge in [0.05, 0.1) is 0 Å². The second kappa shape index (κ2) is 2.59. The Morgan fingerprint density at radius 1 is 1.44 bits per heavy atom. The molecule has 0 nitrogen and oxygen atoms in total. The standard InChI is InChI=1S/C7H12S2/c1-4-5(2)9-6(3)7(4)8/h4-5,8H,1-3H3. The molecule has 1 heterocycles. The molecule has 0 saturated heterocycles. The van der Waals surface area contributed by atoms with Crippen molar-refractivity contribution in [1.82, 2.24) is 0 Å². The summed E-state index contributed by atoms with van der Waals surface area (Å²) in [5, 5.41) is 0.734. The van der Waals surface area contributed by atoms with E-state index in [0.29, 0.717) is 5.92 Å². The van der Waals surface area contributed by atoms with E-state index in [4.69, 9.17) is 0 Å². The Labute approximate surface area is 66.5 Å². The molecule has 1 rings (SSSR count). The molecule has 2 unspecified atom stereocenters. The van der Waals surface area contributed by atoms with E-state index in [2.05, 4.69) is 33.4 Å². The minimum absolute atomic E-state index is 0.665. The van der Waals surface area contributed by atoms with Crippen LogP contribution in [-0.2, 0) is 0 Å². The van der Waals surface area contributed by atoms with Gasteiger partial charge in [-0.25, -0.2) is 0 Å². The molecule has 0 bridgehead atoms. The summed E-state index contributed by atoms with van der Waals surface area (Å²) < 4.78 is 0. The van der Waals surface area contributed by atoms with Gasteiger partial charge in [-0.2, -0.15) is 0 Å². The van der Waals surface area contributed by atoms with Crippen molar-refractivity contribution in [3.63, 3.8) is 0 Å². The predicted octanol–water partition coefficient (Wildman–Crippen LogP) is 2.92. The monoisotopic (exact) mass is 160 g/mol. The van der Waals surface area contributed by atoms with Crippen LogP contribution in [0, 0.1) is 5.92 Å². The van der Waals surface area contributed by atoms with E-state index in [1.54, 1.807) is 0 Å². The molecule has 0 aliphatic carbocycles. The molecule has 0 N–H and O–H groups in total. The van der Waals surface area contributed by atoms with Crippen LogP contribution in [0.4, 0.5) is 0 Å². The quantitative estimate of drug-likeness (QED) is 0.532. The zero-order valence-corrected chi connectivity index (χ0v) is 7.72. The van der Waals surface area contributed by atoms with Crippen molar-refractivity contribution in [2.24, 2.45) is 5.92 Å². The lowest BCUT2D eigenvalue weighted by Gasteiger charge is -2.07. The molecule has 0 spiro atoms. The first-order chi connectivity index (χ1) is 4.13. The maximum Gasteiger partial charge on any atom is 0.0134 e. The lowest BCUT2D eigenvalue weighted by Crippen LogP contribution is -2.03. The molecule has 0 aromatic carbocycles. The first-order valence-electron chi connectivity index (χ1n) is 3.19. The molecule has 1 aliphatic rings. The van der Waals surface area contributed by atoms with Crippen molar-refractivity contribution in [2.45, 2.75) is 26.0 Å². The highest BCUT2D eigenvalue weighted by Gasteiger charge is 2.24. The van der Waals surface area contributed by atoms with Crippen molar-refractivity contribution >= 4 is 24.4 Å². The van der Waals surface area contributed by atoms with Gasteiger partial charge in [0.1, 0.15) is 0 Å². The Balaban J connectivity index is 2.74. The number of hydrogen-bond acceptors (Lipinski definition) is 2. The fraction of sp³-hybridized carbons (Fsp3) is 0.714. The van der Waals surface area contributed by atoms with Gasteiger partial charge < -0.3 is 0 Å². The van der Waals surface area contributed by atoms with E-state index in [1.165, 1.54) is 9.81 Å². The Bertz CT molecular complexity index is 149. The van der Waals surface area contributed by atoms with Crippen molar-refractivity contribution in [2.75, 3.05) is 0 Å². The molecule has 52 valence electrons. The topological polar surface area (TPSA) is 0 Å². The van der Waals surface area contributed by atoms with E-state index in [9.17, 15) is 0 Å². The molecule has 0 radical (unpaired) electrons. The highest BCUT2D eigenvalue weighted by Crippen LogP contribution is 2.42. The second-order valence-electron chi connectivity index (χ2n) is 2.55. The zero-order chi connectivity index (χ0) is 7.02. The second-order valence-corrected chi connectivity index (χ2v) is 4.63. The predicted molar refractivity (Wildman–Crippen MR) is 47.9 cm³/mol. The SMILES string of the molecule is CC1=C(S)C(C)C(C)S1. The van der Waals surface area contributed by atoms with Gasteiger partial charge in [0, 0.05) is 5.25 Å². The number of hydrogen-bond donors (Lipinski definition) is 1. The normalized spacial score (nSPS) is 36.0. The molecule has 0 saturated carbocycles. The van der Waals surface area contributed by atoms with E-state index in [0.717, 1.165) is 5.25 Å². The molecule has 2 atom stereocenters. The Morgan fingerprint density at radius 3 is 2.11 bits per heavy atom. The van der Waals surface area contributed by atoms with Gasteiger partial charge in [-0.15, -0.1) is 24.4 Å². The van der Waals surface area contributed by atoms with Crippen LogP contribution >= 0.6 is 24.4 Å². The number of thiol groups is 1. The Morgan fingerprint density at radius 2 is 2.00 bits per heavy atom. The van der Waals surface area contributed by atoms with Gasteiger partial charge in [-0.05, 0) is 22.7 Å². The van der Waals surface area contributed by atoms with E-state index < -0.39 is 0 Å². The third-order valence-electron chi connectivity index (χ3n) is 1.86. The number of rotatable bonds is 0. The minimum atomic E-state index is 0.665. The molecule has 1 aliphatic heterocycles. The molecule has 0 aromatic rings. The summed E-state index contributed by atoms with van der Waals surface area (Å²) in [6.07, 6.45) is 0. The smallest absolute Gasteiger partial charge is 0.0134 e. The molecule has 0 fully saturated rings. The van der Waals surface area contributed by atoms with Crippen molar-refractivity contribution in [1.29, 1.82) is 0 Å². The number of thioether (sulfide) groups is 1. The summed E-state index contributed by atoms with van der Waals surface area (Å²) in [4.78, 5) is 2.69. The van der Waals surface area contributed by atoms with Gasteiger partial charge in [-0.1, -0.05) is 13.8 Å². The van der Waals surface area contributed by atoms with Crippen LogP contribution in [0.15, 0.2) is 9.81 Å². The number of allylic oxidation sites excluding steroid dienone is 2. The third-order valence-corrected chi connectivity index (χ3v) is 4.11. The molecular formula is C7H12S2. The molecule has 2 heteroatoms. The molecular weight excluding hydrogens is 148 g/mol. The fourth-order valence-electron chi connectivity index (χ4n) is 0.984.